The van der Waals surface area contributed by atoms with Gasteiger partial charge in [0, 0.05) is 36.3 Å². The van der Waals surface area contributed by atoms with E-state index in [1.165, 1.54) is 0 Å². The Balaban J connectivity index is 1.59. The molecule has 1 aliphatic rings. The van der Waals surface area contributed by atoms with Crippen molar-refractivity contribution in [2.24, 2.45) is 5.92 Å². The number of hydrogen-bond acceptors (Lipinski definition) is 7. The van der Waals surface area contributed by atoms with Gasteiger partial charge in [0.25, 0.3) is 0 Å². The van der Waals surface area contributed by atoms with E-state index in [0.29, 0.717) is 35.1 Å². The predicted octanol–water partition coefficient (Wildman–Crippen LogP) is 5.52. The van der Waals surface area contributed by atoms with Crippen LogP contribution in [0.3, 0.4) is 0 Å². The first-order chi connectivity index (χ1) is 18.0. The summed E-state index contributed by atoms with van der Waals surface area (Å²) in [6.45, 7) is 5.95. The second-order valence-corrected chi connectivity index (χ2v) is 9.56. The Morgan fingerprint density at radius 3 is 2.59 bits per heavy atom. The third kappa shape index (κ3) is 4.07. The summed E-state index contributed by atoms with van der Waals surface area (Å²) >= 11 is 0. The molecule has 0 bridgehead atoms. The molecule has 1 saturated heterocycles. The van der Waals surface area contributed by atoms with E-state index in [0.717, 1.165) is 65.1 Å². The lowest BCUT2D eigenvalue weighted by Gasteiger charge is -2.23. The van der Waals surface area contributed by atoms with Gasteiger partial charge in [-0.05, 0) is 44.7 Å². The predicted molar refractivity (Wildman–Crippen MR) is 140 cm³/mol. The van der Waals surface area contributed by atoms with Crippen LogP contribution in [0.1, 0.15) is 40.5 Å². The minimum Gasteiger partial charge on any atom is -0.496 e. The molecule has 0 saturated carbocycles. The van der Waals surface area contributed by atoms with Crippen LogP contribution in [0.2, 0.25) is 0 Å². The Morgan fingerprint density at radius 2 is 1.89 bits per heavy atom. The molecule has 6 rings (SSSR count). The average Bonchev–Trinajstić information content (AvgIpc) is 3.47. The summed E-state index contributed by atoms with van der Waals surface area (Å²) in [6.07, 6.45) is 3.64. The number of imidazole rings is 1. The molecule has 0 N–H and O–H groups in total. The van der Waals surface area contributed by atoms with Crippen molar-refractivity contribution in [3.8, 4) is 16.9 Å². The molecule has 37 heavy (non-hydrogen) atoms. The van der Waals surface area contributed by atoms with Gasteiger partial charge in [-0.1, -0.05) is 35.5 Å². The minimum absolute atomic E-state index is 0.101. The Kier molecular flexibility index (Phi) is 5.96. The summed E-state index contributed by atoms with van der Waals surface area (Å²) in [5.41, 5.74) is 5.53. The van der Waals surface area contributed by atoms with Gasteiger partial charge in [-0.15, -0.1) is 0 Å². The van der Waals surface area contributed by atoms with Crippen LogP contribution < -0.4 is 4.74 Å². The van der Waals surface area contributed by atoms with E-state index in [1.54, 1.807) is 13.3 Å². The molecule has 0 spiro atoms. The number of carbonyl (C=O) groups excluding carboxylic acids is 1. The van der Waals surface area contributed by atoms with Crippen molar-refractivity contribution in [3.05, 3.63) is 71.5 Å². The largest absolute Gasteiger partial charge is 0.496 e. The number of ether oxygens (including phenoxy) is 2. The summed E-state index contributed by atoms with van der Waals surface area (Å²) < 4.78 is 18.9. The van der Waals surface area contributed by atoms with E-state index in [4.69, 9.17) is 24.0 Å². The zero-order valence-electron chi connectivity index (χ0n) is 21.2. The first kappa shape index (κ1) is 23.4. The summed E-state index contributed by atoms with van der Waals surface area (Å²) in [7, 11) is 1.65. The zero-order valence-corrected chi connectivity index (χ0v) is 21.2. The van der Waals surface area contributed by atoms with E-state index >= 15 is 0 Å². The molecule has 8 nitrogen and oxygen atoms in total. The number of carbonyl (C=O) groups is 1. The summed E-state index contributed by atoms with van der Waals surface area (Å²) in [4.78, 5) is 23.2. The topological polar surface area (TPSA) is 92.3 Å². The quantitative estimate of drug-likeness (QED) is 0.286. The van der Waals surface area contributed by atoms with Gasteiger partial charge in [0.1, 0.15) is 17.0 Å². The number of aryl methyl sites for hydroxylation is 2. The number of methoxy groups -OCH3 is 1. The number of nitrogens with zero attached hydrogens (tertiary/aromatic N) is 4. The van der Waals surface area contributed by atoms with Gasteiger partial charge in [0.05, 0.1) is 35.6 Å². The Hall–Kier alpha value is -4.04. The van der Waals surface area contributed by atoms with Gasteiger partial charge >= 0.3 is 0 Å². The molecule has 0 amide bonds. The molecular formula is C29H28N4O4. The normalized spacial score (nSPS) is 14.5. The number of fused-ring (bicyclic) bond motifs is 3. The molecule has 5 aromatic rings. The van der Waals surface area contributed by atoms with Gasteiger partial charge in [-0.3, -0.25) is 9.78 Å². The number of hydrogen-bond donors (Lipinski definition) is 0. The maximum Gasteiger partial charge on any atom is 0.228 e. The number of aromatic nitrogens is 4. The third-order valence-corrected chi connectivity index (χ3v) is 7.22. The lowest BCUT2D eigenvalue weighted by molar-refractivity contribution is 0.0613. The van der Waals surface area contributed by atoms with Gasteiger partial charge in [0.2, 0.25) is 5.78 Å². The maximum atomic E-state index is 13.7. The monoisotopic (exact) mass is 496 g/mol. The van der Waals surface area contributed by atoms with Crippen molar-refractivity contribution in [1.82, 2.24) is 19.7 Å². The molecule has 1 fully saturated rings. The van der Waals surface area contributed by atoms with Crippen LogP contribution in [0.25, 0.3) is 33.1 Å². The van der Waals surface area contributed by atoms with Gasteiger partial charge in [-0.2, -0.15) is 0 Å². The Labute approximate surface area is 214 Å². The molecule has 0 radical (unpaired) electrons. The molecule has 0 atom stereocenters. The van der Waals surface area contributed by atoms with Crippen LogP contribution in [-0.4, -0.2) is 45.8 Å². The fourth-order valence-electron chi connectivity index (χ4n) is 5.33. The second-order valence-electron chi connectivity index (χ2n) is 9.56. The SMILES string of the molecule is COc1cc2c(cc1-c1c(C)noc1C)ncc1nc(C(=O)c3ccccc3)n(CC3CCOCC3)c12. The van der Waals surface area contributed by atoms with Crippen molar-refractivity contribution in [2.45, 2.75) is 33.2 Å². The van der Waals surface area contributed by atoms with Crippen molar-refractivity contribution in [2.75, 3.05) is 20.3 Å². The lowest BCUT2D eigenvalue weighted by atomic mass is 9.99. The number of pyridine rings is 1. The zero-order chi connectivity index (χ0) is 25.5. The van der Waals surface area contributed by atoms with Crippen molar-refractivity contribution < 1.29 is 18.8 Å². The number of rotatable bonds is 6. The summed E-state index contributed by atoms with van der Waals surface area (Å²) in [5, 5.41) is 5.00. The Morgan fingerprint density at radius 1 is 1.11 bits per heavy atom. The van der Waals surface area contributed by atoms with E-state index < -0.39 is 0 Å². The van der Waals surface area contributed by atoms with Crippen LogP contribution in [0.4, 0.5) is 0 Å². The first-order valence-corrected chi connectivity index (χ1v) is 12.5. The summed E-state index contributed by atoms with van der Waals surface area (Å²) in [6, 6.07) is 13.3. The van der Waals surface area contributed by atoms with Crippen LogP contribution in [0.5, 0.6) is 5.75 Å². The smallest absolute Gasteiger partial charge is 0.228 e. The standard InChI is InChI=1S/C29H28N4O4/c1-17-26(18(2)37-32-17)22-13-23-21(14-25(22)35-3)27-24(15-30-23)31-29(28(34)20-7-5-4-6-8-20)33(27)16-19-9-11-36-12-10-19/h4-8,13-15,19H,9-12,16H2,1-3H3. The molecule has 3 aromatic heterocycles. The van der Waals surface area contributed by atoms with Crippen LogP contribution in [-0.2, 0) is 11.3 Å². The highest BCUT2D eigenvalue weighted by Crippen LogP contribution is 2.39. The van der Waals surface area contributed by atoms with Crippen LogP contribution in [0, 0.1) is 19.8 Å². The second kappa shape index (κ2) is 9.44. The third-order valence-electron chi connectivity index (χ3n) is 7.22. The highest BCUT2D eigenvalue weighted by atomic mass is 16.5. The van der Waals surface area contributed by atoms with E-state index in [9.17, 15) is 4.79 Å². The molecule has 2 aromatic carbocycles. The minimum atomic E-state index is -0.101. The fraction of sp³-hybridized carbons (Fsp3) is 0.310. The van der Waals surface area contributed by atoms with Crippen molar-refractivity contribution in [3.63, 3.8) is 0 Å². The average molecular weight is 497 g/mol. The molecule has 0 unspecified atom stereocenters. The number of ketones is 1. The van der Waals surface area contributed by atoms with E-state index in [-0.39, 0.29) is 5.78 Å². The molecule has 1 aliphatic heterocycles. The van der Waals surface area contributed by atoms with E-state index in [2.05, 4.69) is 9.72 Å². The van der Waals surface area contributed by atoms with Crippen LogP contribution >= 0.6 is 0 Å². The molecular weight excluding hydrogens is 468 g/mol. The van der Waals surface area contributed by atoms with Crippen LogP contribution in [0.15, 0.2) is 53.2 Å². The summed E-state index contributed by atoms with van der Waals surface area (Å²) in [5.74, 6) is 2.12. The Bertz CT molecular complexity index is 1590. The van der Waals surface area contributed by atoms with Gasteiger partial charge in [0.15, 0.2) is 5.82 Å². The lowest BCUT2D eigenvalue weighted by Crippen LogP contribution is -2.22. The first-order valence-electron chi connectivity index (χ1n) is 12.5. The van der Waals surface area contributed by atoms with E-state index in [1.807, 2.05) is 56.3 Å². The maximum absolute atomic E-state index is 13.7. The highest BCUT2D eigenvalue weighted by molar-refractivity contribution is 6.11. The van der Waals surface area contributed by atoms with Gasteiger partial charge in [-0.25, -0.2) is 4.98 Å². The molecule has 188 valence electrons. The molecule has 4 heterocycles. The van der Waals surface area contributed by atoms with Crippen molar-refractivity contribution in [1.29, 1.82) is 0 Å². The van der Waals surface area contributed by atoms with Crippen molar-refractivity contribution >= 4 is 27.7 Å². The fourth-order valence-corrected chi connectivity index (χ4v) is 5.33. The number of benzene rings is 2. The molecule has 8 heteroatoms. The van der Waals surface area contributed by atoms with Gasteiger partial charge < -0.3 is 18.6 Å². The highest BCUT2D eigenvalue weighted by Gasteiger charge is 2.25. The molecule has 0 aliphatic carbocycles.